The van der Waals surface area contributed by atoms with Gasteiger partial charge < -0.3 is 20.4 Å². The van der Waals surface area contributed by atoms with Crippen LogP contribution in [0.2, 0.25) is 0 Å². The Morgan fingerprint density at radius 2 is 1.18 bits per heavy atom. The average Bonchev–Trinajstić information content (AvgIpc) is 2.17. The molecular formula is C16H35NO5. The van der Waals surface area contributed by atoms with E-state index in [0.717, 1.165) is 19.3 Å². The van der Waals surface area contributed by atoms with E-state index >= 15 is 0 Å². The summed E-state index contributed by atoms with van der Waals surface area (Å²) in [6.45, 7) is 11.2. The van der Waals surface area contributed by atoms with Gasteiger partial charge in [0.1, 0.15) is 17.2 Å². The minimum atomic E-state index is -1.28. The van der Waals surface area contributed by atoms with Crippen molar-refractivity contribution in [1.82, 2.24) is 4.90 Å². The summed E-state index contributed by atoms with van der Waals surface area (Å²) in [5.74, 6) is -0.675. The number of hydrogen-bond donors (Lipinski definition) is 4. The lowest BCUT2D eigenvalue weighted by Crippen LogP contribution is -2.64. The lowest BCUT2D eigenvalue weighted by Gasteiger charge is -2.49. The highest BCUT2D eigenvalue weighted by atomic mass is 16.4. The highest BCUT2D eigenvalue weighted by Crippen LogP contribution is 2.29. The number of carboxylic acids is 1. The minimum absolute atomic E-state index is 0.333. The number of carboxylic acid groups (broad SMARTS) is 1. The number of aliphatic hydroxyl groups is 3. The fourth-order valence-corrected chi connectivity index (χ4v) is 2.71. The molecule has 0 heterocycles. The first-order valence-corrected chi connectivity index (χ1v) is 7.83. The molecule has 0 aliphatic carbocycles. The van der Waals surface area contributed by atoms with E-state index in [1.165, 1.54) is 52.9 Å². The molecule has 0 bridgehead atoms. The Morgan fingerprint density at radius 1 is 0.818 bits per heavy atom. The second kappa shape index (κ2) is 9.45. The molecule has 22 heavy (non-hydrogen) atoms. The standard InChI is InChI=1S/C9H21NO3.C7H14O2/c1-7(2,11)10(8(3,4)12)9(5,6)13;1-2-3-4-5-6-7(8)9/h11-13H,1-6H3;2-6H2,1H3,(H,8,9). The summed E-state index contributed by atoms with van der Waals surface area (Å²) in [6.07, 6.45) is 4.55. The minimum Gasteiger partial charge on any atom is -0.481 e. The van der Waals surface area contributed by atoms with Gasteiger partial charge in [-0.15, -0.1) is 0 Å². The van der Waals surface area contributed by atoms with Crippen molar-refractivity contribution >= 4 is 5.97 Å². The zero-order valence-electron chi connectivity index (χ0n) is 15.2. The van der Waals surface area contributed by atoms with Gasteiger partial charge in [0.2, 0.25) is 0 Å². The van der Waals surface area contributed by atoms with E-state index in [-0.39, 0.29) is 0 Å². The van der Waals surface area contributed by atoms with Crippen molar-refractivity contribution in [1.29, 1.82) is 0 Å². The Hall–Kier alpha value is -0.690. The van der Waals surface area contributed by atoms with Crippen LogP contribution in [-0.2, 0) is 4.79 Å². The summed E-state index contributed by atoms with van der Waals surface area (Å²) in [7, 11) is 0. The first kappa shape index (κ1) is 23.6. The second-order valence-corrected chi connectivity index (χ2v) is 7.02. The maximum Gasteiger partial charge on any atom is 0.303 e. The van der Waals surface area contributed by atoms with Crippen molar-refractivity contribution < 1.29 is 25.2 Å². The zero-order valence-corrected chi connectivity index (χ0v) is 15.2. The number of aliphatic carboxylic acids is 1. The highest BCUT2D eigenvalue weighted by Gasteiger charge is 2.43. The zero-order chi connectivity index (χ0) is 18.2. The smallest absolute Gasteiger partial charge is 0.303 e. The normalized spacial score (nSPS) is 12.9. The van der Waals surface area contributed by atoms with Crippen molar-refractivity contribution in [3.05, 3.63) is 0 Å². The summed E-state index contributed by atoms with van der Waals surface area (Å²) >= 11 is 0. The number of nitrogens with zero attached hydrogens (tertiary/aromatic N) is 1. The van der Waals surface area contributed by atoms with E-state index in [1.807, 2.05) is 0 Å². The van der Waals surface area contributed by atoms with Crippen LogP contribution < -0.4 is 0 Å². The quantitative estimate of drug-likeness (QED) is 0.405. The van der Waals surface area contributed by atoms with Gasteiger partial charge in [-0.25, -0.2) is 4.90 Å². The molecule has 4 N–H and O–H groups in total. The Balaban J connectivity index is 0. The summed E-state index contributed by atoms with van der Waals surface area (Å²) in [5, 5.41) is 37.5. The third-order valence-corrected chi connectivity index (χ3v) is 2.89. The molecule has 0 aromatic heterocycles. The van der Waals surface area contributed by atoms with Crippen molar-refractivity contribution in [2.24, 2.45) is 0 Å². The third kappa shape index (κ3) is 11.9. The van der Waals surface area contributed by atoms with Crippen LogP contribution in [0, 0.1) is 0 Å². The van der Waals surface area contributed by atoms with Gasteiger partial charge in [0.15, 0.2) is 0 Å². The van der Waals surface area contributed by atoms with Gasteiger partial charge in [-0.1, -0.05) is 26.2 Å². The first-order chi connectivity index (χ1) is 9.64. The molecule has 6 heteroatoms. The molecule has 0 aliphatic heterocycles. The molecule has 0 aliphatic rings. The molecule has 0 rings (SSSR count). The van der Waals surface area contributed by atoms with E-state index in [0.29, 0.717) is 6.42 Å². The largest absolute Gasteiger partial charge is 0.481 e. The molecule has 6 nitrogen and oxygen atoms in total. The van der Waals surface area contributed by atoms with E-state index in [1.54, 1.807) is 0 Å². The van der Waals surface area contributed by atoms with Crippen LogP contribution in [0.3, 0.4) is 0 Å². The Kier molecular flexibility index (Phi) is 10.1. The van der Waals surface area contributed by atoms with Gasteiger partial charge in [-0.05, 0) is 48.0 Å². The average molecular weight is 321 g/mol. The number of carbonyl (C=O) groups is 1. The predicted molar refractivity (Wildman–Crippen MR) is 87.1 cm³/mol. The molecule has 0 unspecified atom stereocenters. The molecule has 0 spiro atoms. The van der Waals surface area contributed by atoms with E-state index in [4.69, 9.17) is 5.11 Å². The Labute approximate surface area is 134 Å². The number of unbranched alkanes of at least 4 members (excludes halogenated alkanes) is 3. The van der Waals surface area contributed by atoms with E-state index < -0.39 is 23.1 Å². The van der Waals surface area contributed by atoms with Gasteiger partial charge in [0.25, 0.3) is 0 Å². The fourth-order valence-electron chi connectivity index (χ4n) is 2.71. The Morgan fingerprint density at radius 3 is 1.36 bits per heavy atom. The summed E-state index contributed by atoms with van der Waals surface area (Å²) in [4.78, 5) is 11.2. The van der Waals surface area contributed by atoms with E-state index in [2.05, 4.69) is 6.92 Å². The predicted octanol–water partition coefficient (Wildman–Crippen LogP) is 2.52. The molecule has 0 aromatic rings. The van der Waals surface area contributed by atoms with Crippen molar-refractivity contribution in [3.63, 3.8) is 0 Å². The third-order valence-electron chi connectivity index (χ3n) is 2.89. The van der Waals surface area contributed by atoms with Crippen molar-refractivity contribution in [2.75, 3.05) is 0 Å². The van der Waals surface area contributed by atoms with Gasteiger partial charge in [-0.3, -0.25) is 4.79 Å². The molecule has 0 atom stereocenters. The number of hydrogen-bond acceptors (Lipinski definition) is 5. The molecule has 0 aromatic carbocycles. The molecule has 134 valence electrons. The molecule has 0 saturated heterocycles. The van der Waals surface area contributed by atoms with Crippen LogP contribution in [0.25, 0.3) is 0 Å². The maximum absolute atomic E-state index is 9.96. The SMILES string of the molecule is CC(C)(O)N(C(C)(C)O)C(C)(C)O.CCCCCCC(=O)O. The van der Waals surface area contributed by atoms with Gasteiger partial charge in [0, 0.05) is 6.42 Å². The van der Waals surface area contributed by atoms with Crippen LogP contribution in [0.1, 0.15) is 80.6 Å². The topological polar surface area (TPSA) is 101 Å². The summed E-state index contributed by atoms with van der Waals surface area (Å²) in [6, 6.07) is 0. The molecule has 0 fully saturated rings. The second-order valence-electron chi connectivity index (χ2n) is 7.02. The molecule has 0 radical (unpaired) electrons. The molecular weight excluding hydrogens is 286 g/mol. The van der Waals surface area contributed by atoms with Gasteiger partial charge in [0.05, 0.1) is 0 Å². The van der Waals surface area contributed by atoms with Crippen LogP contribution >= 0.6 is 0 Å². The molecule has 0 amide bonds. The Bertz CT molecular complexity index is 277. The lowest BCUT2D eigenvalue weighted by atomic mass is 10.1. The van der Waals surface area contributed by atoms with Crippen LogP contribution in [0.4, 0.5) is 0 Å². The fraction of sp³-hybridized carbons (Fsp3) is 0.938. The van der Waals surface area contributed by atoms with E-state index in [9.17, 15) is 20.1 Å². The summed E-state index contributed by atoms with van der Waals surface area (Å²) < 4.78 is 0. The van der Waals surface area contributed by atoms with Crippen LogP contribution in [-0.4, -0.2) is 48.5 Å². The maximum atomic E-state index is 9.96. The van der Waals surface area contributed by atoms with Gasteiger partial charge in [-0.2, -0.15) is 0 Å². The number of rotatable bonds is 8. The monoisotopic (exact) mass is 321 g/mol. The first-order valence-electron chi connectivity index (χ1n) is 7.83. The summed E-state index contributed by atoms with van der Waals surface area (Å²) in [5.41, 5.74) is -3.84. The molecule has 0 saturated carbocycles. The van der Waals surface area contributed by atoms with Crippen molar-refractivity contribution in [3.8, 4) is 0 Å². The van der Waals surface area contributed by atoms with Crippen LogP contribution in [0.15, 0.2) is 0 Å². The lowest BCUT2D eigenvalue weighted by molar-refractivity contribution is -0.288. The van der Waals surface area contributed by atoms with Crippen molar-refractivity contribution in [2.45, 2.75) is 97.7 Å². The van der Waals surface area contributed by atoms with Gasteiger partial charge >= 0.3 is 5.97 Å². The van der Waals surface area contributed by atoms with Crippen LogP contribution in [0.5, 0.6) is 0 Å². The highest BCUT2D eigenvalue weighted by molar-refractivity contribution is 5.66.